The van der Waals surface area contributed by atoms with Crippen molar-refractivity contribution < 1.29 is 18.7 Å². The van der Waals surface area contributed by atoms with E-state index < -0.39 is 0 Å². The number of nitrogens with zero attached hydrogens (tertiary/aromatic N) is 1. The van der Waals surface area contributed by atoms with Gasteiger partial charge < -0.3 is 24.5 Å². The lowest BCUT2D eigenvalue weighted by atomic mass is 10.2. The third-order valence-electron chi connectivity index (χ3n) is 3.69. The van der Waals surface area contributed by atoms with Gasteiger partial charge in [-0.25, -0.2) is 4.98 Å². The van der Waals surface area contributed by atoms with Crippen LogP contribution in [0.1, 0.15) is 16.2 Å². The van der Waals surface area contributed by atoms with Crippen molar-refractivity contribution in [2.45, 2.75) is 6.54 Å². The van der Waals surface area contributed by atoms with Gasteiger partial charge in [-0.15, -0.1) is 0 Å². The Morgan fingerprint density at radius 1 is 1.15 bits per heavy atom. The van der Waals surface area contributed by atoms with Crippen molar-refractivity contribution in [2.24, 2.45) is 0 Å². The summed E-state index contributed by atoms with van der Waals surface area (Å²) in [6.07, 6.45) is 3.15. The number of amides is 1. The molecule has 2 N–H and O–H groups in total. The van der Waals surface area contributed by atoms with Crippen molar-refractivity contribution in [3.05, 3.63) is 66.4 Å². The molecular formula is C19H19N3O4. The van der Waals surface area contributed by atoms with Crippen LogP contribution in [-0.2, 0) is 6.54 Å². The highest BCUT2D eigenvalue weighted by molar-refractivity contribution is 5.92. The summed E-state index contributed by atoms with van der Waals surface area (Å²) in [4.78, 5) is 16.3. The molecule has 26 heavy (non-hydrogen) atoms. The number of anilines is 2. The minimum atomic E-state index is -0.269. The first kappa shape index (κ1) is 17.3. The largest absolute Gasteiger partial charge is 0.497 e. The first-order chi connectivity index (χ1) is 12.7. The monoisotopic (exact) mass is 353 g/mol. The quantitative estimate of drug-likeness (QED) is 0.677. The van der Waals surface area contributed by atoms with Gasteiger partial charge in [-0.2, -0.15) is 0 Å². The Balaban J connectivity index is 1.65. The molecule has 0 bridgehead atoms. The second kappa shape index (κ2) is 8.06. The molecule has 1 aromatic carbocycles. The van der Waals surface area contributed by atoms with Crippen LogP contribution in [0.25, 0.3) is 0 Å². The van der Waals surface area contributed by atoms with E-state index in [1.807, 2.05) is 12.1 Å². The summed E-state index contributed by atoms with van der Waals surface area (Å²) < 4.78 is 15.7. The summed E-state index contributed by atoms with van der Waals surface area (Å²) in [5.74, 6) is 1.76. The number of hydrogen-bond donors (Lipinski definition) is 2. The van der Waals surface area contributed by atoms with Crippen molar-refractivity contribution in [3.63, 3.8) is 0 Å². The number of nitrogens with one attached hydrogen (secondary N) is 2. The van der Waals surface area contributed by atoms with Crippen LogP contribution in [0.2, 0.25) is 0 Å². The fourth-order valence-electron chi connectivity index (χ4n) is 2.33. The number of furan rings is 1. The molecule has 134 valence electrons. The lowest BCUT2D eigenvalue weighted by molar-refractivity contribution is 0.0943. The molecule has 0 aliphatic heterocycles. The van der Waals surface area contributed by atoms with Crippen LogP contribution >= 0.6 is 0 Å². The molecular weight excluding hydrogens is 334 g/mol. The second-order valence-electron chi connectivity index (χ2n) is 5.39. The average molecular weight is 353 g/mol. The van der Waals surface area contributed by atoms with Gasteiger partial charge in [-0.05, 0) is 36.4 Å². The van der Waals surface area contributed by atoms with Crippen molar-refractivity contribution in [2.75, 3.05) is 19.5 Å². The van der Waals surface area contributed by atoms with Crippen molar-refractivity contribution in [1.82, 2.24) is 10.3 Å². The summed E-state index contributed by atoms with van der Waals surface area (Å²) in [6, 6.07) is 12.5. The molecule has 0 unspecified atom stereocenters. The fourth-order valence-corrected chi connectivity index (χ4v) is 2.33. The van der Waals surface area contributed by atoms with Crippen LogP contribution in [0, 0.1) is 0 Å². The Morgan fingerprint density at radius 3 is 2.69 bits per heavy atom. The third-order valence-corrected chi connectivity index (χ3v) is 3.69. The van der Waals surface area contributed by atoms with Crippen LogP contribution in [-0.4, -0.2) is 25.1 Å². The van der Waals surface area contributed by atoms with Crippen LogP contribution in [0.3, 0.4) is 0 Å². The third kappa shape index (κ3) is 4.13. The van der Waals surface area contributed by atoms with E-state index in [1.54, 1.807) is 57.0 Å². The maximum atomic E-state index is 12.1. The number of methoxy groups -OCH3 is 2. The maximum absolute atomic E-state index is 12.1. The Labute approximate surface area is 151 Å². The lowest BCUT2D eigenvalue weighted by Crippen LogP contribution is -2.23. The summed E-state index contributed by atoms with van der Waals surface area (Å²) >= 11 is 0. The summed E-state index contributed by atoms with van der Waals surface area (Å²) in [6.45, 7) is 0.316. The highest BCUT2D eigenvalue weighted by atomic mass is 16.5. The molecule has 7 heteroatoms. The Bertz CT molecular complexity index is 861. The highest BCUT2D eigenvalue weighted by Gasteiger charge is 2.09. The number of carbonyl (C=O) groups excluding carboxylic acids is 1. The zero-order chi connectivity index (χ0) is 18.4. The van der Waals surface area contributed by atoms with Gasteiger partial charge >= 0.3 is 0 Å². The van der Waals surface area contributed by atoms with Gasteiger partial charge in [-0.3, -0.25) is 4.79 Å². The summed E-state index contributed by atoms with van der Waals surface area (Å²) in [5.41, 5.74) is 1.82. The van der Waals surface area contributed by atoms with Gasteiger partial charge in [0.1, 0.15) is 23.0 Å². The van der Waals surface area contributed by atoms with Crippen LogP contribution in [0.15, 0.2) is 59.3 Å². The zero-order valence-corrected chi connectivity index (χ0v) is 14.5. The van der Waals surface area contributed by atoms with E-state index in [1.165, 1.54) is 0 Å². The van der Waals surface area contributed by atoms with Gasteiger partial charge in [0.25, 0.3) is 5.91 Å². The Morgan fingerprint density at radius 2 is 2.04 bits per heavy atom. The van der Waals surface area contributed by atoms with Gasteiger partial charge in [0.15, 0.2) is 0 Å². The summed E-state index contributed by atoms with van der Waals surface area (Å²) in [5, 5.41) is 5.96. The fraction of sp³-hybridized carbons (Fsp3) is 0.158. The Kier molecular flexibility index (Phi) is 5.38. The molecule has 0 radical (unpaired) electrons. The molecule has 2 heterocycles. The molecule has 0 saturated heterocycles. The number of pyridine rings is 1. The molecule has 1 amide bonds. The average Bonchev–Trinajstić information content (AvgIpc) is 3.20. The van der Waals surface area contributed by atoms with E-state index >= 15 is 0 Å². The molecule has 7 nitrogen and oxygen atoms in total. The lowest BCUT2D eigenvalue weighted by Gasteiger charge is -2.12. The molecule has 3 rings (SSSR count). The van der Waals surface area contributed by atoms with Crippen molar-refractivity contribution >= 4 is 17.3 Å². The minimum Gasteiger partial charge on any atom is -0.497 e. The first-order valence-electron chi connectivity index (χ1n) is 7.95. The number of aromatic nitrogens is 1. The molecule has 2 aromatic heterocycles. The highest BCUT2D eigenvalue weighted by Crippen LogP contribution is 2.31. The molecule has 0 spiro atoms. The predicted octanol–water partition coefficient (Wildman–Crippen LogP) is 3.37. The van der Waals surface area contributed by atoms with Crippen LogP contribution in [0.5, 0.6) is 11.5 Å². The van der Waals surface area contributed by atoms with Gasteiger partial charge in [0.2, 0.25) is 0 Å². The van der Waals surface area contributed by atoms with E-state index in [2.05, 4.69) is 15.6 Å². The smallest absolute Gasteiger partial charge is 0.270 e. The van der Waals surface area contributed by atoms with E-state index in [0.29, 0.717) is 29.5 Å². The van der Waals surface area contributed by atoms with E-state index in [0.717, 1.165) is 11.4 Å². The number of benzene rings is 1. The molecule has 0 atom stereocenters. The Hall–Kier alpha value is -3.48. The molecule has 0 aliphatic carbocycles. The summed E-state index contributed by atoms with van der Waals surface area (Å²) in [7, 11) is 3.19. The number of ether oxygens (including phenoxy) is 2. The number of rotatable bonds is 7. The van der Waals surface area contributed by atoms with E-state index in [-0.39, 0.29) is 5.91 Å². The predicted molar refractivity (Wildman–Crippen MR) is 96.9 cm³/mol. The van der Waals surface area contributed by atoms with Gasteiger partial charge in [-0.1, -0.05) is 0 Å². The van der Waals surface area contributed by atoms with Crippen LogP contribution in [0.4, 0.5) is 11.4 Å². The number of carbonyl (C=O) groups is 1. The molecule has 3 aromatic rings. The molecule has 0 fully saturated rings. The molecule has 0 saturated carbocycles. The van der Waals surface area contributed by atoms with E-state index in [9.17, 15) is 4.79 Å². The van der Waals surface area contributed by atoms with Crippen LogP contribution < -0.4 is 20.1 Å². The first-order valence-corrected chi connectivity index (χ1v) is 7.95. The van der Waals surface area contributed by atoms with Crippen molar-refractivity contribution in [1.29, 1.82) is 0 Å². The second-order valence-corrected chi connectivity index (χ2v) is 5.39. The zero-order valence-electron chi connectivity index (χ0n) is 14.5. The van der Waals surface area contributed by atoms with E-state index in [4.69, 9.17) is 13.9 Å². The van der Waals surface area contributed by atoms with Gasteiger partial charge in [0, 0.05) is 6.07 Å². The minimum absolute atomic E-state index is 0.269. The normalized spacial score (nSPS) is 10.2. The maximum Gasteiger partial charge on any atom is 0.270 e. The van der Waals surface area contributed by atoms with Crippen molar-refractivity contribution in [3.8, 4) is 11.5 Å². The number of hydrogen-bond acceptors (Lipinski definition) is 6. The topological polar surface area (TPSA) is 85.6 Å². The molecule has 0 aliphatic rings. The standard InChI is InChI=1S/C19H19N3O4/c1-24-14-6-8-16(18(10-14)25-2)22-13-5-7-17(20-11-13)19(23)21-12-15-4-3-9-26-15/h3-11,22H,12H2,1-2H3,(H,21,23). The SMILES string of the molecule is COc1ccc(Nc2ccc(C(=O)NCc3ccco3)nc2)c(OC)c1. The van der Waals surface area contributed by atoms with Gasteiger partial charge in [0.05, 0.1) is 44.6 Å².